The number of hydrogen-bond donors (Lipinski definition) is 0. The molecule has 0 saturated carbocycles. The smallest absolute Gasteiger partial charge is 0.255 e. The van der Waals surface area contributed by atoms with Gasteiger partial charge >= 0.3 is 51.2 Å². The van der Waals surface area contributed by atoms with Crippen LogP contribution < -0.4 is 0 Å². The molecular weight excluding hydrogens is 970 g/mol. The summed E-state index contributed by atoms with van der Waals surface area (Å²) in [5, 5.41) is 0. The van der Waals surface area contributed by atoms with Gasteiger partial charge in [0.2, 0.25) is 0 Å². The van der Waals surface area contributed by atoms with E-state index in [0.717, 1.165) is 34.2 Å². The molecule has 0 spiro atoms. The van der Waals surface area contributed by atoms with E-state index in [4.69, 9.17) is 0 Å². The molecule has 6 heterocycles. The van der Waals surface area contributed by atoms with E-state index in [1.165, 1.54) is 0 Å². The Morgan fingerprint density at radius 2 is 0.304 bits per heavy atom. The van der Waals surface area contributed by atoms with Gasteiger partial charge in [-0.05, 0) is 72.8 Å². The molecule has 0 amide bonds. The zero-order valence-electron chi connectivity index (χ0n) is 38.0. The first-order valence-electron chi connectivity index (χ1n) is 21.4. The largest absolute Gasteiger partial charge is 2.00 e. The van der Waals surface area contributed by atoms with Crippen LogP contribution in [0.2, 0.25) is 0 Å². The van der Waals surface area contributed by atoms with E-state index in [2.05, 4.69) is 29.9 Å². The summed E-state index contributed by atoms with van der Waals surface area (Å²) in [7, 11) is 0. The third kappa shape index (κ3) is 30.5. The first-order valence-corrected chi connectivity index (χ1v) is 21.4. The zero-order chi connectivity index (χ0) is 45.9. The van der Waals surface area contributed by atoms with Crippen molar-refractivity contribution < 1.29 is 51.2 Å². The Balaban J connectivity index is 0.000000398. The zero-order valence-corrected chi connectivity index (χ0v) is 41.5. The summed E-state index contributed by atoms with van der Waals surface area (Å²) in [6.07, 6.45) is 10.6. The minimum absolute atomic E-state index is 0. The average molecular weight is 1020 g/mol. The van der Waals surface area contributed by atoms with Gasteiger partial charge in [-0.1, -0.05) is 36.4 Å². The average Bonchev–Trinajstić information content (AvgIpc) is 4.26. The minimum Gasteiger partial charge on any atom is -0.255 e. The molecule has 345 valence electrons. The van der Waals surface area contributed by atoms with E-state index >= 15 is 0 Å². The van der Waals surface area contributed by atoms with Gasteiger partial charge < -0.3 is 0 Å². The van der Waals surface area contributed by atoms with Crippen molar-refractivity contribution in [1.82, 2.24) is 29.9 Å². The molecule has 0 aliphatic carbocycles. The van der Waals surface area contributed by atoms with Gasteiger partial charge in [-0.2, -0.15) is 109 Å². The molecule has 0 aliphatic heterocycles. The summed E-state index contributed by atoms with van der Waals surface area (Å²) >= 11 is 0. The molecule has 0 fully saturated rings. The predicted octanol–water partition coefficient (Wildman–Crippen LogP) is 14.9. The first kappa shape index (κ1) is 59.6. The molecule has 6 nitrogen and oxygen atoms in total. The van der Waals surface area contributed by atoms with Crippen LogP contribution in [0.1, 0.15) is 0 Å². The van der Waals surface area contributed by atoms with E-state index in [9.17, 15) is 0 Å². The Kier molecular flexibility index (Phi) is 37.3. The molecule has 0 saturated heterocycles. The number of pyridine rings is 6. The molecule has 0 unspecified atom stereocenters. The van der Waals surface area contributed by atoms with E-state index in [0.29, 0.717) is 0 Å². The van der Waals surface area contributed by atoms with Gasteiger partial charge in [0.25, 0.3) is 0 Å². The second-order valence-electron chi connectivity index (χ2n) is 13.1. The van der Waals surface area contributed by atoms with Crippen molar-refractivity contribution in [2.45, 2.75) is 0 Å². The summed E-state index contributed by atoms with van der Waals surface area (Å²) in [5.41, 5.74) is 5.49. The van der Waals surface area contributed by atoms with E-state index in [-0.39, 0.29) is 51.2 Å². The van der Waals surface area contributed by atoms with Crippen LogP contribution in [0.25, 0.3) is 34.2 Å². The molecule has 69 heavy (non-hydrogen) atoms. The summed E-state index contributed by atoms with van der Waals surface area (Å²) in [5.74, 6) is 0. The first-order chi connectivity index (χ1) is 32.9. The standard InChI is InChI=1S/3C10H8N2.6C5H5.3Mn/c3*1-3-7-11-9(5-1)10-6-2-4-8-12-10;6*1-2-4-5-3-1;;;/h3*1-8H;6*1-5H;;;/q;;;6*-1;3*+2. The Labute approximate surface area is 440 Å². The maximum Gasteiger partial charge on any atom is 2.00 e. The molecule has 12 aromatic rings. The van der Waals surface area contributed by atoms with Crippen LogP contribution in [0.4, 0.5) is 0 Å². The number of rotatable bonds is 3. The van der Waals surface area contributed by atoms with Crippen molar-refractivity contribution in [3.8, 4) is 34.2 Å². The maximum absolute atomic E-state index is 4.19. The van der Waals surface area contributed by atoms with Crippen molar-refractivity contribution in [2.75, 3.05) is 0 Å². The van der Waals surface area contributed by atoms with Gasteiger partial charge in [-0.25, -0.2) is 72.8 Å². The summed E-state index contributed by atoms with van der Waals surface area (Å²) < 4.78 is 0. The molecule has 6 aromatic heterocycles. The van der Waals surface area contributed by atoms with E-state index < -0.39 is 0 Å². The topological polar surface area (TPSA) is 77.3 Å². The normalized spacial score (nSPS) is 8.52. The van der Waals surface area contributed by atoms with Crippen LogP contribution in [0, 0.1) is 0 Å². The van der Waals surface area contributed by atoms with Gasteiger partial charge in [-0.3, -0.25) is 29.9 Å². The van der Waals surface area contributed by atoms with Crippen LogP contribution >= 0.6 is 0 Å². The molecule has 0 atom stereocenters. The number of aromatic nitrogens is 6. The maximum atomic E-state index is 4.19. The molecule has 0 N–H and O–H groups in total. The Morgan fingerprint density at radius 3 is 0.377 bits per heavy atom. The fourth-order valence-corrected chi connectivity index (χ4v) is 5.01. The van der Waals surface area contributed by atoms with Gasteiger partial charge in [0.15, 0.2) is 0 Å². The van der Waals surface area contributed by atoms with E-state index in [1.807, 2.05) is 291 Å². The van der Waals surface area contributed by atoms with Crippen molar-refractivity contribution in [3.05, 3.63) is 328 Å². The fourth-order valence-electron chi connectivity index (χ4n) is 5.01. The summed E-state index contributed by atoms with van der Waals surface area (Å²) in [4.78, 5) is 25.1. The minimum atomic E-state index is 0. The van der Waals surface area contributed by atoms with Crippen molar-refractivity contribution in [2.24, 2.45) is 0 Å². The monoisotopic (exact) mass is 1020 g/mol. The van der Waals surface area contributed by atoms with Gasteiger partial charge in [0.1, 0.15) is 0 Å². The van der Waals surface area contributed by atoms with Crippen LogP contribution in [0.15, 0.2) is 328 Å². The fraction of sp³-hybridized carbons (Fsp3) is 0. The van der Waals surface area contributed by atoms with Crippen LogP contribution in [0.3, 0.4) is 0 Å². The molecule has 9 heteroatoms. The Hall–Kier alpha value is -7.44. The molecule has 0 aliphatic rings. The number of hydrogen-bond acceptors (Lipinski definition) is 6. The molecular formula is C60H54Mn3N6. The van der Waals surface area contributed by atoms with Crippen LogP contribution in [-0.2, 0) is 51.2 Å². The Bertz CT molecular complexity index is 2030. The third-order valence-electron chi connectivity index (χ3n) is 8.11. The van der Waals surface area contributed by atoms with Crippen molar-refractivity contribution >= 4 is 0 Å². The van der Waals surface area contributed by atoms with Crippen LogP contribution in [-0.4, -0.2) is 29.9 Å². The second kappa shape index (κ2) is 43.1. The molecule has 6 aromatic carbocycles. The SMILES string of the molecule is [Mn+2].[Mn+2].[Mn+2].c1cc[cH-]c1.c1cc[cH-]c1.c1cc[cH-]c1.c1cc[cH-]c1.c1cc[cH-]c1.c1cc[cH-]c1.c1ccc(-c2ccccn2)nc1.c1ccc(-c2ccccn2)nc1.c1ccc(-c2ccccn2)nc1. The molecule has 12 rings (SSSR count). The van der Waals surface area contributed by atoms with Crippen LogP contribution in [0.5, 0.6) is 0 Å². The molecule has 0 bridgehead atoms. The molecule has 3 radical (unpaired) electrons. The summed E-state index contributed by atoms with van der Waals surface area (Å²) in [6, 6.07) is 94.8. The van der Waals surface area contributed by atoms with Gasteiger partial charge in [0, 0.05) is 37.2 Å². The number of nitrogens with zero attached hydrogens (tertiary/aromatic N) is 6. The quantitative estimate of drug-likeness (QED) is 0.130. The van der Waals surface area contributed by atoms with Gasteiger partial charge in [0.05, 0.1) is 34.2 Å². The Morgan fingerprint density at radius 1 is 0.174 bits per heavy atom. The second-order valence-corrected chi connectivity index (χ2v) is 13.1. The summed E-state index contributed by atoms with van der Waals surface area (Å²) in [6.45, 7) is 0. The van der Waals surface area contributed by atoms with Crippen molar-refractivity contribution in [3.63, 3.8) is 0 Å². The third-order valence-corrected chi connectivity index (χ3v) is 8.11. The predicted molar refractivity (Wildman–Crippen MR) is 275 cm³/mol. The van der Waals surface area contributed by atoms with E-state index in [1.54, 1.807) is 37.2 Å². The van der Waals surface area contributed by atoms with Gasteiger partial charge in [-0.15, -0.1) is 0 Å². The van der Waals surface area contributed by atoms with Crippen molar-refractivity contribution in [1.29, 1.82) is 0 Å².